The van der Waals surface area contributed by atoms with Gasteiger partial charge in [0.05, 0.1) is 61.2 Å². The lowest BCUT2D eigenvalue weighted by Crippen LogP contribution is -2.52. The number of unbranched alkanes of at least 4 members (excludes halogenated alkanes) is 39. The highest BCUT2D eigenvalue weighted by molar-refractivity contribution is 6.44. The summed E-state index contributed by atoms with van der Waals surface area (Å²) >= 11 is 0. The molecule has 0 fully saturated rings. The van der Waals surface area contributed by atoms with Crippen LogP contribution in [0.5, 0.6) is 0 Å². The molecule has 2 aliphatic rings. The number of benzene rings is 5. The first-order valence-electron chi connectivity index (χ1n) is 45.3. The molecular formula is C95H156N4O4+2. The Kier molecular flexibility index (Phi) is 39.5. The van der Waals surface area contributed by atoms with Gasteiger partial charge in [0, 0.05) is 56.9 Å². The number of imide groups is 2. The smallest absolute Gasteiger partial charge is 0.261 e. The van der Waals surface area contributed by atoms with Gasteiger partial charge in [0.25, 0.3) is 23.6 Å². The number of carbonyl (C=O) groups is 4. The van der Waals surface area contributed by atoms with Crippen LogP contribution in [-0.2, 0) is 0 Å². The minimum atomic E-state index is -0.168. The lowest BCUT2D eigenvalue weighted by atomic mass is 9.79. The normalized spacial score (nSPS) is 13.7. The maximum atomic E-state index is 16.7. The molecule has 2 heterocycles. The van der Waals surface area contributed by atoms with E-state index in [4.69, 9.17) is 0 Å². The predicted molar refractivity (Wildman–Crippen MR) is 450 cm³/mol. The number of fused-ring (bicyclic) bond motifs is 2. The second kappa shape index (κ2) is 47.4. The lowest BCUT2D eigenvalue weighted by Gasteiger charge is -2.43. The first-order chi connectivity index (χ1) is 50.5. The van der Waals surface area contributed by atoms with Crippen LogP contribution in [0.2, 0.25) is 0 Å². The number of nitrogens with zero attached hydrogens (tertiary/aromatic N) is 4. The molecule has 0 saturated heterocycles. The highest BCUT2D eigenvalue weighted by Gasteiger charge is 2.46. The third kappa shape index (κ3) is 23.1. The van der Waals surface area contributed by atoms with Crippen molar-refractivity contribution in [2.45, 2.75) is 422 Å². The summed E-state index contributed by atoms with van der Waals surface area (Å²) < 4.78 is 1.53. The minimum absolute atomic E-state index is 0.0946. The summed E-state index contributed by atoms with van der Waals surface area (Å²) in [4.78, 5) is 69.6. The summed E-state index contributed by atoms with van der Waals surface area (Å²) in [5.41, 5.74) is 5.18. The first-order valence-corrected chi connectivity index (χ1v) is 45.3. The molecule has 0 atom stereocenters. The molecule has 0 aliphatic carbocycles. The van der Waals surface area contributed by atoms with E-state index >= 15 is 19.2 Å². The van der Waals surface area contributed by atoms with E-state index in [2.05, 4.69) is 106 Å². The third-order valence-corrected chi connectivity index (χ3v) is 25.1. The summed E-state index contributed by atoms with van der Waals surface area (Å²) in [6, 6.07) is 13.3. The highest BCUT2D eigenvalue weighted by Crippen LogP contribution is 2.55. The van der Waals surface area contributed by atoms with Crippen LogP contribution < -0.4 is 8.97 Å². The van der Waals surface area contributed by atoms with Crippen LogP contribution in [0.15, 0.2) is 36.4 Å². The van der Waals surface area contributed by atoms with E-state index in [0.717, 1.165) is 252 Å². The molecule has 103 heavy (non-hydrogen) atoms. The lowest BCUT2D eigenvalue weighted by molar-refractivity contribution is 0.0501. The average molecular weight is 1420 g/mol. The zero-order valence-corrected chi connectivity index (χ0v) is 68.8. The van der Waals surface area contributed by atoms with Crippen LogP contribution in [0.3, 0.4) is 0 Å². The van der Waals surface area contributed by atoms with Crippen molar-refractivity contribution in [1.29, 1.82) is 0 Å². The van der Waals surface area contributed by atoms with E-state index in [0.29, 0.717) is 22.3 Å². The largest absolute Gasteiger partial charge is 0.291 e. The fraction of sp³-hybridized carbons (Fsp3) is 0.747. The summed E-state index contributed by atoms with van der Waals surface area (Å²) in [5.74, 6) is -0.429. The Labute approximate surface area is 632 Å². The van der Waals surface area contributed by atoms with Crippen molar-refractivity contribution in [1.82, 2.24) is 18.8 Å². The zero-order chi connectivity index (χ0) is 73.7. The molecule has 5 aromatic rings. The van der Waals surface area contributed by atoms with Crippen molar-refractivity contribution in [2.75, 3.05) is 39.3 Å². The van der Waals surface area contributed by atoms with Crippen LogP contribution in [-0.4, -0.2) is 84.8 Å². The molecular weight excluding hydrogens is 1260 g/mol. The van der Waals surface area contributed by atoms with E-state index < -0.39 is 0 Å². The Morgan fingerprint density at radius 1 is 0.233 bits per heavy atom. The van der Waals surface area contributed by atoms with Crippen LogP contribution in [0.1, 0.15) is 451 Å². The first kappa shape index (κ1) is 85.8. The monoisotopic (exact) mass is 1420 g/mol. The van der Waals surface area contributed by atoms with Gasteiger partial charge >= 0.3 is 0 Å². The molecule has 8 nitrogen and oxygen atoms in total. The van der Waals surface area contributed by atoms with E-state index in [1.807, 2.05) is 9.80 Å². The third-order valence-electron chi connectivity index (χ3n) is 25.1. The molecule has 578 valence electrons. The maximum Gasteiger partial charge on any atom is 0.261 e. The Bertz CT molecular complexity index is 3190. The van der Waals surface area contributed by atoms with Crippen molar-refractivity contribution in [2.24, 2.45) is 0 Å². The molecule has 8 heteroatoms. The SMILES string of the molecule is CCCCCCCCCCCC(CCCCCCCCCCC)N1C(=O)c2ccc3c4c([N+](CCCC)(CCCC)CCCCC)cc5c6c(ccc(c7c([N+](CCCC)(CCCC)CCCC)cc(c2c37)C1=O)c64)C(=O)N(C(CCCCCCCCCCC)CCCCCCCCCCC)C5=O. The van der Waals surface area contributed by atoms with Gasteiger partial charge in [-0.15, -0.1) is 0 Å². The van der Waals surface area contributed by atoms with Crippen LogP contribution in [0.25, 0.3) is 43.1 Å². The molecule has 7 rings (SSSR count). The molecule has 2 aliphatic heterocycles. The van der Waals surface area contributed by atoms with Gasteiger partial charge in [-0.3, -0.25) is 37.9 Å². The predicted octanol–water partition coefficient (Wildman–Crippen LogP) is 29.2. The average Bonchev–Trinajstić information content (AvgIpc) is 0.673. The maximum absolute atomic E-state index is 16.7. The van der Waals surface area contributed by atoms with Gasteiger partial charge in [0.15, 0.2) is 0 Å². The minimum Gasteiger partial charge on any atom is -0.291 e. The second-order valence-corrected chi connectivity index (χ2v) is 33.3. The summed E-state index contributed by atoms with van der Waals surface area (Å²) in [5, 5.41) is 8.22. The number of quaternary nitrogens is 2. The van der Waals surface area contributed by atoms with E-state index in [9.17, 15) is 0 Å². The molecule has 0 N–H and O–H groups in total. The zero-order valence-electron chi connectivity index (χ0n) is 68.8. The fourth-order valence-electron chi connectivity index (χ4n) is 18.8. The topological polar surface area (TPSA) is 74.8 Å². The molecule has 4 amide bonds. The molecule has 5 aromatic carbocycles. The van der Waals surface area contributed by atoms with Crippen molar-refractivity contribution >= 4 is 78.1 Å². The Balaban J connectivity index is 1.50. The number of hydrogen-bond donors (Lipinski definition) is 0. The standard InChI is InChI=1S/C95H156N4O4/c1-11-21-31-35-39-43-47-51-55-60-76(61-56-52-48-44-40-36-32-22-12-2)96-92(100)80-67-65-79-89-85(99(71-29-19-9,72-30-20-10)73-59-25-15-5)75-83-87-81(93(101)97(95(83)103)77(62-57-53-49-45-41-37-33-23-13-3)63-58-54-50-46-42-38-34-24-14-4)66-64-78(91(87)89)88-84(74-82(94(96)102)86(80)90(79)88)98(68-26-16-6,69-27-17-7)70-28-18-8/h64-67,74-77H,11-63,68-73H2,1-10H3/q+2. The molecule has 0 spiro atoms. The molecule has 0 radical (unpaired) electrons. The summed E-state index contributed by atoms with van der Waals surface area (Å²) in [6.07, 6.45) is 61.8. The van der Waals surface area contributed by atoms with Gasteiger partial charge in [-0.05, 0) is 93.5 Å². The van der Waals surface area contributed by atoms with Gasteiger partial charge in [-0.2, -0.15) is 0 Å². The Morgan fingerprint density at radius 3 is 0.699 bits per heavy atom. The van der Waals surface area contributed by atoms with E-state index in [1.165, 1.54) is 191 Å². The number of carbonyl (C=O) groups excluding carboxylic acids is 4. The number of rotatable bonds is 63. The van der Waals surface area contributed by atoms with E-state index in [1.54, 1.807) is 0 Å². The molecule has 0 aromatic heterocycles. The van der Waals surface area contributed by atoms with Crippen LogP contribution in [0, 0.1) is 0 Å². The molecule has 0 unspecified atom stereocenters. The van der Waals surface area contributed by atoms with Crippen molar-refractivity contribution in [3.05, 3.63) is 58.7 Å². The van der Waals surface area contributed by atoms with Crippen LogP contribution >= 0.6 is 0 Å². The Morgan fingerprint density at radius 2 is 0.447 bits per heavy atom. The summed E-state index contributed by atoms with van der Waals surface area (Å²) in [7, 11) is 0. The Hall–Kier alpha value is -4.40. The van der Waals surface area contributed by atoms with Gasteiger partial charge in [0.2, 0.25) is 0 Å². The van der Waals surface area contributed by atoms with Crippen molar-refractivity contribution < 1.29 is 19.2 Å². The number of hydrogen-bond acceptors (Lipinski definition) is 4. The van der Waals surface area contributed by atoms with Gasteiger partial charge in [0.1, 0.15) is 11.4 Å². The van der Waals surface area contributed by atoms with Crippen molar-refractivity contribution in [3.8, 4) is 0 Å². The molecule has 0 saturated carbocycles. The van der Waals surface area contributed by atoms with Gasteiger partial charge < -0.3 is 0 Å². The quantitative estimate of drug-likeness (QED) is 0.0128. The van der Waals surface area contributed by atoms with E-state index in [-0.39, 0.29) is 35.7 Å². The van der Waals surface area contributed by atoms with Crippen LogP contribution in [0.4, 0.5) is 11.4 Å². The second-order valence-electron chi connectivity index (χ2n) is 33.3. The molecule has 0 bridgehead atoms. The van der Waals surface area contributed by atoms with Crippen molar-refractivity contribution in [3.63, 3.8) is 0 Å². The van der Waals surface area contributed by atoms with Gasteiger partial charge in [-0.25, -0.2) is 0 Å². The van der Waals surface area contributed by atoms with Gasteiger partial charge in [-0.1, -0.05) is 351 Å². The summed E-state index contributed by atoms with van der Waals surface area (Å²) in [6.45, 7) is 28.9. The highest BCUT2D eigenvalue weighted by atomic mass is 16.2. The fourth-order valence-corrected chi connectivity index (χ4v) is 18.8. The number of amides is 4.